The monoisotopic (exact) mass is 329 g/mol. The van der Waals surface area contributed by atoms with E-state index in [4.69, 9.17) is 0 Å². The number of nitrogens with zero attached hydrogens (tertiary/aromatic N) is 1. The Morgan fingerprint density at radius 1 is 1.45 bits per heavy atom. The van der Waals surface area contributed by atoms with Crippen LogP contribution in [0, 0.1) is 17.6 Å². The summed E-state index contributed by atoms with van der Waals surface area (Å²) in [5.74, 6) is -2.78. The molecule has 0 saturated carbocycles. The molecule has 2 atom stereocenters. The number of hydrogen-bond donors (Lipinski definition) is 1. The predicted molar refractivity (Wildman–Crippen MR) is 79.3 cm³/mol. The normalized spacial score (nSPS) is 19.8. The van der Waals surface area contributed by atoms with E-state index in [-0.39, 0.29) is 29.6 Å². The van der Waals surface area contributed by atoms with Gasteiger partial charge in [-0.3, -0.25) is 4.79 Å². The lowest BCUT2D eigenvalue weighted by Gasteiger charge is -2.31. The summed E-state index contributed by atoms with van der Waals surface area (Å²) >= 11 is 1.16. The first-order chi connectivity index (χ1) is 10.3. The Hall–Kier alpha value is -1.63. The average Bonchev–Trinajstić information content (AvgIpc) is 2.77. The third-order valence-electron chi connectivity index (χ3n) is 3.45. The number of hydrogen-bond acceptors (Lipinski definition) is 3. The molecule has 2 rings (SSSR count). The fraction of sp³-hybridized carbons (Fsp3) is 0.467. The summed E-state index contributed by atoms with van der Waals surface area (Å²) in [7, 11) is 0. The number of carbonyl (C=O) groups is 2. The number of amides is 1. The van der Waals surface area contributed by atoms with Crippen molar-refractivity contribution in [3.05, 3.63) is 35.4 Å². The largest absolute Gasteiger partial charge is 0.480 e. The van der Waals surface area contributed by atoms with Crippen LogP contribution in [-0.4, -0.2) is 33.7 Å². The van der Waals surface area contributed by atoms with Gasteiger partial charge in [-0.15, -0.1) is 11.8 Å². The molecule has 1 aromatic rings. The Morgan fingerprint density at radius 3 is 2.68 bits per heavy atom. The number of aliphatic carboxylic acids is 1. The Morgan fingerprint density at radius 2 is 2.14 bits per heavy atom. The summed E-state index contributed by atoms with van der Waals surface area (Å²) in [6.45, 7) is 3.72. The van der Waals surface area contributed by atoms with Crippen LogP contribution in [0.5, 0.6) is 0 Å². The molecular weight excluding hydrogens is 312 g/mol. The van der Waals surface area contributed by atoms with E-state index in [2.05, 4.69) is 0 Å². The summed E-state index contributed by atoms with van der Waals surface area (Å²) in [5.41, 5.74) is 0.132. The summed E-state index contributed by atoms with van der Waals surface area (Å²) in [6, 6.07) is 2.10. The summed E-state index contributed by atoms with van der Waals surface area (Å²) in [5, 5.41) is 8.68. The molecule has 2 unspecified atom stereocenters. The molecule has 0 bridgehead atoms. The first-order valence-corrected chi connectivity index (χ1v) is 7.96. The van der Waals surface area contributed by atoms with Crippen molar-refractivity contribution < 1.29 is 23.5 Å². The number of carboxylic acids is 1. The highest BCUT2D eigenvalue weighted by Crippen LogP contribution is 2.42. The molecule has 0 spiro atoms. The second-order valence-corrected chi connectivity index (χ2v) is 6.68. The predicted octanol–water partition coefficient (Wildman–Crippen LogP) is 3.04. The maximum absolute atomic E-state index is 14.0. The number of rotatable bonds is 5. The molecule has 1 N–H and O–H groups in total. The van der Waals surface area contributed by atoms with Crippen molar-refractivity contribution in [1.29, 1.82) is 0 Å². The van der Waals surface area contributed by atoms with Gasteiger partial charge in [0.15, 0.2) is 0 Å². The molecule has 22 heavy (non-hydrogen) atoms. The van der Waals surface area contributed by atoms with Gasteiger partial charge in [0, 0.05) is 11.6 Å². The minimum Gasteiger partial charge on any atom is -0.480 e. The molecule has 0 aliphatic carbocycles. The zero-order valence-corrected chi connectivity index (χ0v) is 13.1. The highest BCUT2D eigenvalue weighted by atomic mass is 32.2. The first kappa shape index (κ1) is 16.7. The Balaban J connectivity index is 2.38. The van der Waals surface area contributed by atoms with E-state index in [0.717, 1.165) is 23.9 Å². The summed E-state index contributed by atoms with van der Waals surface area (Å²) in [4.78, 5) is 24.8. The van der Waals surface area contributed by atoms with Gasteiger partial charge in [0.25, 0.3) is 0 Å². The zero-order chi connectivity index (χ0) is 16.4. The molecular formula is C15H17F2NO3S. The van der Waals surface area contributed by atoms with Crippen LogP contribution in [0.3, 0.4) is 0 Å². The Bertz CT molecular complexity index is 594. The number of thioether (sulfide) groups is 1. The number of carbonyl (C=O) groups excluding carboxylic acids is 1. The van der Waals surface area contributed by atoms with E-state index in [9.17, 15) is 23.5 Å². The third kappa shape index (κ3) is 3.40. The van der Waals surface area contributed by atoms with E-state index in [0.29, 0.717) is 0 Å². The molecule has 7 heteroatoms. The van der Waals surface area contributed by atoms with Crippen molar-refractivity contribution in [2.24, 2.45) is 5.92 Å². The van der Waals surface area contributed by atoms with Gasteiger partial charge in [-0.2, -0.15) is 0 Å². The molecule has 4 nitrogen and oxygen atoms in total. The van der Waals surface area contributed by atoms with Crippen molar-refractivity contribution in [3.63, 3.8) is 0 Å². The first-order valence-electron chi connectivity index (χ1n) is 6.91. The number of halogens is 2. The number of carboxylic acid groups (broad SMARTS) is 1. The van der Waals surface area contributed by atoms with Gasteiger partial charge in [0.05, 0.1) is 5.75 Å². The van der Waals surface area contributed by atoms with Crippen LogP contribution in [0.15, 0.2) is 18.2 Å². The molecule has 1 aliphatic rings. The molecule has 1 fully saturated rings. The molecule has 1 aliphatic heterocycles. The van der Waals surface area contributed by atoms with Crippen LogP contribution in [-0.2, 0) is 9.59 Å². The summed E-state index contributed by atoms with van der Waals surface area (Å²) < 4.78 is 27.0. The van der Waals surface area contributed by atoms with Crippen LogP contribution >= 0.6 is 11.8 Å². The fourth-order valence-electron chi connectivity index (χ4n) is 2.49. The van der Waals surface area contributed by atoms with Gasteiger partial charge >= 0.3 is 5.97 Å². The molecule has 1 amide bonds. The van der Waals surface area contributed by atoms with Crippen molar-refractivity contribution in [2.75, 3.05) is 5.75 Å². The smallest absolute Gasteiger partial charge is 0.326 e. The van der Waals surface area contributed by atoms with Crippen molar-refractivity contribution in [2.45, 2.75) is 31.7 Å². The van der Waals surface area contributed by atoms with E-state index >= 15 is 0 Å². The molecule has 1 heterocycles. The van der Waals surface area contributed by atoms with Gasteiger partial charge in [0.2, 0.25) is 5.91 Å². The lowest BCUT2D eigenvalue weighted by Crippen LogP contribution is -2.44. The van der Waals surface area contributed by atoms with Crippen molar-refractivity contribution >= 4 is 23.6 Å². The second-order valence-electron chi connectivity index (χ2n) is 5.61. The third-order valence-corrected chi connectivity index (χ3v) is 4.66. The highest BCUT2D eigenvalue weighted by Gasteiger charge is 2.42. The van der Waals surface area contributed by atoms with Gasteiger partial charge < -0.3 is 10.0 Å². The number of benzene rings is 1. The minimum atomic E-state index is -1.11. The van der Waals surface area contributed by atoms with Crippen LogP contribution in [0.1, 0.15) is 31.2 Å². The van der Waals surface area contributed by atoms with E-state index in [1.807, 2.05) is 13.8 Å². The van der Waals surface area contributed by atoms with Crippen LogP contribution in [0.2, 0.25) is 0 Å². The highest BCUT2D eigenvalue weighted by molar-refractivity contribution is 8.00. The van der Waals surface area contributed by atoms with Gasteiger partial charge in [0.1, 0.15) is 23.1 Å². The Labute approximate surface area is 131 Å². The minimum absolute atomic E-state index is 0.0678. The lowest BCUT2D eigenvalue weighted by molar-refractivity contribution is -0.150. The standard InChI is InChI=1S/C15H17F2NO3S/c1-8(2)5-12(15(20)21)18-13(19)7-22-14(18)10-4-3-9(16)6-11(10)17/h3-4,6,8,12,14H,5,7H2,1-2H3,(H,20,21). The van der Waals surface area contributed by atoms with E-state index in [1.54, 1.807) is 0 Å². The van der Waals surface area contributed by atoms with Gasteiger partial charge in [-0.1, -0.05) is 19.9 Å². The second kappa shape index (κ2) is 6.64. The maximum atomic E-state index is 14.0. The lowest BCUT2D eigenvalue weighted by atomic mass is 10.0. The molecule has 1 saturated heterocycles. The van der Waals surface area contributed by atoms with Gasteiger partial charge in [-0.25, -0.2) is 13.6 Å². The van der Waals surface area contributed by atoms with E-state index in [1.165, 1.54) is 11.0 Å². The van der Waals surface area contributed by atoms with Crippen molar-refractivity contribution in [3.8, 4) is 0 Å². The molecule has 1 aromatic carbocycles. The SMILES string of the molecule is CC(C)CC(C(=O)O)N1C(=O)CSC1c1ccc(F)cc1F. The average molecular weight is 329 g/mol. The molecule has 0 aromatic heterocycles. The topological polar surface area (TPSA) is 57.6 Å². The maximum Gasteiger partial charge on any atom is 0.326 e. The van der Waals surface area contributed by atoms with E-state index < -0.39 is 29.0 Å². The van der Waals surface area contributed by atoms with Crippen LogP contribution in [0.4, 0.5) is 8.78 Å². The molecule has 0 radical (unpaired) electrons. The quantitative estimate of drug-likeness (QED) is 0.902. The van der Waals surface area contributed by atoms with Crippen LogP contribution < -0.4 is 0 Å². The van der Waals surface area contributed by atoms with Crippen LogP contribution in [0.25, 0.3) is 0 Å². The summed E-state index contributed by atoms with van der Waals surface area (Å²) in [6.07, 6.45) is 0.279. The Kier molecular flexibility index (Phi) is 5.05. The molecule has 120 valence electrons. The fourth-order valence-corrected chi connectivity index (χ4v) is 3.74. The zero-order valence-electron chi connectivity index (χ0n) is 12.3. The van der Waals surface area contributed by atoms with Crippen molar-refractivity contribution in [1.82, 2.24) is 4.90 Å². The van der Waals surface area contributed by atoms with Gasteiger partial charge in [-0.05, 0) is 18.4 Å².